The van der Waals surface area contributed by atoms with Crippen molar-refractivity contribution in [3.8, 4) is 0 Å². The van der Waals surface area contributed by atoms with Crippen LogP contribution in [-0.2, 0) is 19.6 Å². The quantitative estimate of drug-likeness (QED) is 0.452. The number of hydrogen-bond donors (Lipinski definition) is 1. The van der Waals surface area contributed by atoms with Crippen molar-refractivity contribution in [2.75, 3.05) is 52.4 Å². The molecule has 3 fully saturated rings. The number of likely N-dealkylation sites (tertiary alicyclic amines) is 2. The Morgan fingerprint density at radius 3 is 2.54 bits per heavy atom. The summed E-state index contributed by atoms with van der Waals surface area (Å²) in [6.07, 6.45) is 4.25. The predicted octanol–water partition coefficient (Wildman–Crippen LogP) is 2.79. The van der Waals surface area contributed by atoms with Gasteiger partial charge in [0.1, 0.15) is 6.04 Å². The summed E-state index contributed by atoms with van der Waals surface area (Å²) in [7, 11) is -3.86. The highest BCUT2D eigenvalue weighted by atomic mass is 35.5. The van der Waals surface area contributed by atoms with E-state index in [4.69, 9.17) is 11.6 Å². The summed E-state index contributed by atoms with van der Waals surface area (Å²) in [6, 6.07) is 6.31. The van der Waals surface area contributed by atoms with Crippen LogP contribution in [0.4, 0.5) is 0 Å². The molecule has 5 heterocycles. The Bertz CT molecular complexity index is 1370. The summed E-state index contributed by atoms with van der Waals surface area (Å²) in [6.45, 7) is 4.60. The molecule has 3 aliphatic heterocycles. The van der Waals surface area contributed by atoms with Crippen molar-refractivity contribution < 1.29 is 22.8 Å². The molecule has 0 saturated carbocycles. The number of thiophene rings is 2. The van der Waals surface area contributed by atoms with Crippen LogP contribution in [0.15, 0.2) is 35.1 Å². The van der Waals surface area contributed by atoms with Gasteiger partial charge in [0.25, 0.3) is 5.91 Å². The van der Waals surface area contributed by atoms with Crippen molar-refractivity contribution in [1.82, 2.24) is 24.3 Å². The average Bonchev–Trinajstić information content (AvgIpc) is 3.73. The van der Waals surface area contributed by atoms with Crippen molar-refractivity contribution in [3.05, 3.63) is 49.1 Å². The lowest BCUT2D eigenvalue weighted by Gasteiger charge is -2.38. The molecule has 0 unspecified atom stereocenters. The first kappa shape index (κ1) is 30.2. The average molecular weight is 640 g/mol. The molecule has 0 spiro atoms. The second-order valence-corrected chi connectivity index (χ2v) is 14.8. The molecule has 3 aliphatic rings. The van der Waals surface area contributed by atoms with E-state index in [1.807, 2.05) is 27.3 Å². The van der Waals surface area contributed by atoms with Gasteiger partial charge in [0, 0.05) is 62.1 Å². The van der Waals surface area contributed by atoms with Crippen LogP contribution in [0.25, 0.3) is 6.08 Å². The van der Waals surface area contributed by atoms with Crippen LogP contribution in [0.2, 0.25) is 4.34 Å². The number of piperidine rings is 1. The standard InChI is InChI=1S/C27H34ClN5O5S3/c28-24-8-7-21(40-24)9-17-41(37,38)29-22-5-2-10-32(26(22)35)19-25(34)33-11-1-4-20(33)18-30-12-14-31(15-13-30)27(36)23-6-3-16-39-23/h3,6-9,16-17,20,22,29H,1-2,4-5,10-15,18-19H2/b17-9+/t20-,22-/m0/s1. The number of carbonyl (C=O) groups excluding carboxylic acids is 3. The molecule has 2 aromatic heterocycles. The van der Waals surface area contributed by atoms with Gasteiger partial charge < -0.3 is 14.7 Å². The maximum absolute atomic E-state index is 13.3. The third kappa shape index (κ3) is 7.76. The number of nitrogens with one attached hydrogen (secondary N) is 1. The van der Waals surface area contributed by atoms with Crippen LogP contribution in [0.1, 0.15) is 40.2 Å². The molecule has 0 aliphatic carbocycles. The molecular weight excluding hydrogens is 606 g/mol. The van der Waals surface area contributed by atoms with Gasteiger partial charge in [0.2, 0.25) is 21.8 Å². The topological polar surface area (TPSA) is 110 Å². The number of halogens is 1. The Morgan fingerprint density at radius 1 is 1.05 bits per heavy atom. The highest BCUT2D eigenvalue weighted by Crippen LogP contribution is 2.24. The van der Waals surface area contributed by atoms with E-state index >= 15 is 0 Å². The molecular formula is C27H34ClN5O5S3. The van der Waals surface area contributed by atoms with Crippen LogP contribution < -0.4 is 4.72 Å². The fraction of sp³-hybridized carbons (Fsp3) is 0.519. The Hall–Kier alpha value is -2.29. The zero-order valence-corrected chi connectivity index (χ0v) is 25.8. The van der Waals surface area contributed by atoms with Crippen molar-refractivity contribution in [1.29, 1.82) is 0 Å². The number of amides is 3. The van der Waals surface area contributed by atoms with Gasteiger partial charge in [-0.05, 0) is 55.3 Å². The van der Waals surface area contributed by atoms with Gasteiger partial charge in [0.05, 0.1) is 15.8 Å². The molecule has 10 nitrogen and oxygen atoms in total. The Labute approximate surface area is 253 Å². The number of carbonyl (C=O) groups is 3. The largest absolute Gasteiger partial charge is 0.337 e. The summed E-state index contributed by atoms with van der Waals surface area (Å²) in [5.41, 5.74) is 0. The minimum Gasteiger partial charge on any atom is -0.337 e. The summed E-state index contributed by atoms with van der Waals surface area (Å²) < 4.78 is 28.3. The van der Waals surface area contributed by atoms with Gasteiger partial charge in [-0.1, -0.05) is 17.7 Å². The van der Waals surface area contributed by atoms with Gasteiger partial charge >= 0.3 is 0 Å². The van der Waals surface area contributed by atoms with Crippen molar-refractivity contribution in [2.24, 2.45) is 0 Å². The minimum atomic E-state index is -3.86. The minimum absolute atomic E-state index is 0.0554. The summed E-state index contributed by atoms with van der Waals surface area (Å²) in [5.74, 6) is -0.402. The highest BCUT2D eigenvalue weighted by molar-refractivity contribution is 7.92. The SMILES string of the molecule is O=C(c1cccs1)N1CCN(C[C@@H]2CCCN2C(=O)CN2CCC[C@H](NS(=O)(=O)/C=C/c3ccc(Cl)s3)C2=O)CC1. The maximum Gasteiger partial charge on any atom is 0.264 e. The van der Waals surface area contributed by atoms with Crippen molar-refractivity contribution >= 4 is 68.1 Å². The van der Waals surface area contributed by atoms with E-state index in [-0.39, 0.29) is 30.3 Å². The number of hydrogen-bond acceptors (Lipinski definition) is 8. The molecule has 3 saturated heterocycles. The first-order valence-corrected chi connectivity index (χ1v) is 17.4. The number of piperazine rings is 1. The number of sulfonamides is 1. The predicted molar refractivity (Wildman–Crippen MR) is 161 cm³/mol. The first-order chi connectivity index (χ1) is 19.7. The zero-order chi connectivity index (χ0) is 29.0. The normalized spacial score (nSPS) is 22.7. The maximum atomic E-state index is 13.3. The van der Waals surface area contributed by atoms with Crippen molar-refractivity contribution in [3.63, 3.8) is 0 Å². The third-order valence-electron chi connectivity index (χ3n) is 7.73. The molecule has 5 rings (SSSR count). The van der Waals surface area contributed by atoms with E-state index in [9.17, 15) is 22.8 Å². The molecule has 41 heavy (non-hydrogen) atoms. The Morgan fingerprint density at radius 2 is 1.83 bits per heavy atom. The summed E-state index contributed by atoms with van der Waals surface area (Å²) in [4.78, 5) is 48.1. The smallest absolute Gasteiger partial charge is 0.264 e. The van der Waals surface area contributed by atoms with E-state index < -0.39 is 16.1 Å². The Balaban J connectivity index is 1.11. The summed E-state index contributed by atoms with van der Waals surface area (Å²) >= 11 is 8.62. The van der Waals surface area contributed by atoms with Crippen LogP contribution in [0.5, 0.6) is 0 Å². The van der Waals surface area contributed by atoms with Crippen LogP contribution in [0, 0.1) is 0 Å². The van der Waals surface area contributed by atoms with Crippen LogP contribution in [-0.4, -0.2) is 110 Å². The highest BCUT2D eigenvalue weighted by Gasteiger charge is 2.36. The fourth-order valence-corrected chi connectivity index (χ4v) is 8.37. The monoisotopic (exact) mass is 639 g/mol. The molecule has 222 valence electrons. The van der Waals surface area contributed by atoms with Crippen LogP contribution >= 0.6 is 34.3 Å². The van der Waals surface area contributed by atoms with Gasteiger partial charge in [-0.2, -0.15) is 4.72 Å². The molecule has 2 aromatic rings. The van der Waals surface area contributed by atoms with E-state index in [1.54, 1.807) is 12.1 Å². The molecule has 1 N–H and O–H groups in total. The number of nitrogens with zero attached hydrogens (tertiary/aromatic N) is 4. The number of rotatable bonds is 9. The summed E-state index contributed by atoms with van der Waals surface area (Å²) in [5, 5.41) is 2.95. The van der Waals surface area contributed by atoms with E-state index in [0.29, 0.717) is 48.2 Å². The third-order valence-corrected chi connectivity index (χ3v) is 10.9. The van der Waals surface area contributed by atoms with E-state index in [2.05, 4.69) is 9.62 Å². The van der Waals surface area contributed by atoms with Gasteiger partial charge in [0.15, 0.2) is 0 Å². The van der Waals surface area contributed by atoms with Gasteiger partial charge in [-0.25, -0.2) is 8.42 Å². The molecule has 2 atom stereocenters. The van der Waals surface area contributed by atoms with Gasteiger partial charge in [-0.15, -0.1) is 22.7 Å². The second kappa shape index (κ2) is 13.3. The first-order valence-electron chi connectivity index (χ1n) is 13.8. The molecule has 0 bridgehead atoms. The Kier molecular flexibility index (Phi) is 9.82. The van der Waals surface area contributed by atoms with Crippen LogP contribution in [0.3, 0.4) is 0 Å². The lowest BCUT2D eigenvalue weighted by atomic mass is 10.1. The van der Waals surface area contributed by atoms with Gasteiger partial charge in [-0.3, -0.25) is 19.3 Å². The fourth-order valence-electron chi connectivity index (χ4n) is 5.61. The lowest BCUT2D eigenvalue weighted by molar-refractivity contribution is -0.143. The lowest BCUT2D eigenvalue weighted by Crippen LogP contribution is -2.56. The zero-order valence-electron chi connectivity index (χ0n) is 22.6. The van der Waals surface area contributed by atoms with E-state index in [0.717, 1.165) is 42.8 Å². The van der Waals surface area contributed by atoms with E-state index in [1.165, 1.54) is 33.6 Å². The molecule has 14 heteroatoms. The molecule has 3 amide bonds. The second-order valence-electron chi connectivity index (χ2n) is 10.5. The molecule has 0 aromatic carbocycles. The van der Waals surface area contributed by atoms with Crippen molar-refractivity contribution in [2.45, 2.75) is 37.8 Å². The molecule has 0 radical (unpaired) electrons.